The Balaban J connectivity index is 1.85. The normalized spacial score (nSPS) is 33.9. The number of fused-ring (bicyclic) bond motifs is 2. The predicted molar refractivity (Wildman–Crippen MR) is 83.9 cm³/mol. The van der Waals surface area contributed by atoms with Gasteiger partial charge in [0.05, 0.1) is 5.75 Å². The maximum atomic E-state index is 12.0. The molecule has 0 heterocycles. The zero-order valence-corrected chi connectivity index (χ0v) is 14.3. The van der Waals surface area contributed by atoms with Crippen molar-refractivity contribution in [1.82, 2.24) is 10.6 Å². The van der Waals surface area contributed by atoms with E-state index in [2.05, 4.69) is 31.4 Å². The Morgan fingerprint density at radius 2 is 1.95 bits per heavy atom. The van der Waals surface area contributed by atoms with Crippen LogP contribution in [-0.2, 0) is 9.84 Å². The number of sulfone groups is 1. The Kier molecular flexibility index (Phi) is 4.30. The molecule has 2 saturated carbocycles. The fourth-order valence-corrected chi connectivity index (χ4v) is 4.80. The molecule has 0 saturated heterocycles. The lowest BCUT2D eigenvalue weighted by atomic mass is 9.69. The Bertz CT molecular complexity index is 515. The molecular weight excluding hydrogens is 288 g/mol. The minimum atomic E-state index is -3.02. The van der Waals surface area contributed by atoms with Gasteiger partial charge in [-0.1, -0.05) is 27.7 Å². The van der Waals surface area contributed by atoms with Gasteiger partial charge in [-0.05, 0) is 36.0 Å². The molecule has 0 spiro atoms. The Labute approximate surface area is 128 Å². The van der Waals surface area contributed by atoms with Gasteiger partial charge in [-0.25, -0.2) is 13.2 Å². The summed E-state index contributed by atoms with van der Waals surface area (Å²) in [4.78, 5) is 12.0. The molecule has 2 rings (SSSR count). The van der Waals surface area contributed by atoms with Crippen LogP contribution in [0.25, 0.3) is 0 Å². The molecule has 2 amide bonds. The van der Waals surface area contributed by atoms with Crippen molar-refractivity contribution in [2.75, 3.05) is 18.1 Å². The van der Waals surface area contributed by atoms with Crippen molar-refractivity contribution in [3.8, 4) is 0 Å². The third-order valence-corrected chi connectivity index (χ3v) is 7.94. The smallest absolute Gasteiger partial charge is 0.315 e. The number of hydrogen-bond acceptors (Lipinski definition) is 3. The quantitative estimate of drug-likeness (QED) is 0.814. The fraction of sp³-hybridized carbons (Fsp3) is 0.933. The van der Waals surface area contributed by atoms with E-state index in [4.69, 9.17) is 0 Å². The lowest BCUT2D eigenvalue weighted by Crippen LogP contribution is -2.50. The van der Waals surface area contributed by atoms with Crippen molar-refractivity contribution < 1.29 is 13.2 Å². The average Bonchev–Trinajstić information content (AvgIpc) is 2.71. The minimum Gasteiger partial charge on any atom is -0.337 e. The number of nitrogens with one attached hydrogen (secondary N) is 2. The van der Waals surface area contributed by atoms with Crippen molar-refractivity contribution in [2.45, 2.75) is 53.0 Å². The third kappa shape index (κ3) is 2.91. The van der Waals surface area contributed by atoms with Gasteiger partial charge in [0.2, 0.25) is 0 Å². The van der Waals surface area contributed by atoms with Crippen LogP contribution in [0.5, 0.6) is 0 Å². The number of amides is 2. The van der Waals surface area contributed by atoms with Crippen LogP contribution in [0, 0.1) is 16.7 Å². The monoisotopic (exact) mass is 316 g/mol. The van der Waals surface area contributed by atoms with E-state index in [1.54, 1.807) is 6.92 Å². The van der Waals surface area contributed by atoms with E-state index in [0.717, 1.165) is 12.8 Å². The number of urea groups is 1. The molecule has 0 radical (unpaired) electrons. The lowest BCUT2D eigenvalue weighted by Gasteiger charge is -2.39. The van der Waals surface area contributed by atoms with Crippen LogP contribution >= 0.6 is 0 Å². The first-order chi connectivity index (χ1) is 9.62. The maximum Gasteiger partial charge on any atom is 0.315 e. The topological polar surface area (TPSA) is 75.3 Å². The number of carbonyl (C=O) groups is 1. The molecule has 6 heteroatoms. The second-order valence-corrected chi connectivity index (χ2v) is 9.77. The van der Waals surface area contributed by atoms with E-state index in [1.807, 2.05) is 0 Å². The Morgan fingerprint density at radius 1 is 1.29 bits per heavy atom. The highest BCUT2D eigenvalue weighted by Crippen LogP contribution is 2.65. The van der Waals surface area contributed by atoms with Crippen LogP contribution < -0.4 is 10.6 Å². The van der Waals surface area contributed by atoms with E-state index in [-0.39, 0.29) is 41.0 Å². The number of hydrogen-bond donors (Lipinski definition) is 2. The molecule has 3 atom stereocenters. The summed E-state index contributed by atoms with van der Waals surface area (Å²) in [6, 6.07) is -0.0510. The molecule has 2 bridgehead atoms. The molecule has 122 valence electrons. The van der Waals surface area contributed by atoms with Crippen LogP contribution in [0.3, 0.4) is 0 Å². The lowest BCUT2D eigenvalue weighted by molar-refractivity contribution is 0.123. The van der Waals surface area contributed by atoms with E-state index >= 15 is 0 Å². The maximum absolute atomic E-state index is 12.0. The van der Waals surface area contributed by atoms with Gasteiger partial charge in [0.25, 0.3) is 0 Å². The number of carbonyl (C=O) groups excluding carboxylic acids is 1. The molecule has 2 aliphatic rings. The van der Waals surface area contributed by atoms with Crippen LogP contribution in [-0.4, -0.2) is 38.5 Å². The van der Waals surface area contributed by atoms with Crippen molar-refractivity contribution in [3.63, 3.8) is 0 Å². The summed E-state index contributed by atoms with van der Waals surface area (Å²) >= 11 is 0. The first-order valence-corrected chi connectivity index (χ1v) is 9.69. The molecule has 0 aromatic carbocycles. The van der Waals surface area contributed by atoms with Gasteiger partial charge in [-0.2, -0.15) is 0 Å². The highest BCUT2D eigenvalue weighted by atomic mass is 32.2. The van der Waals surface area contributed by atoms with Crippen LogP contribution in [0.1, 0.15) is 47.0 Å². The van der Waals surface area contributed by atoms with Crippen LogP contribution in [0.2, 0.25) is 0 Å². The van der Waals surface area contributed by atoms with Gasteiger partial charge in [0, 0.05) is 18.3 Å². The highest BCUT2D eigenvalue weighted by Gasteiger charge is 2.61. The summed E-state index contributed by atoms with van der Waals surface area (Å²) in [5.74, 6) is 0.799. The summed E-state index contributed by atoms with van der Waals surface area (Å²) in [7, 11) is -3.02. The van der Waals surface area contributed by atoms with E-state index in [1.165, 1.54) is 6.42 Å². The largest absolute Gasteiger partial charge is 0.337 e. The summed E-state index contributed by atoms with van der Waals surface area (Å²) < 4.78 is 22.8. The van der Waals surface area contributed by atoms with Crippen molar-refractivity contribution in [1.29, 1.82) is 0 Å². The highest BCUT2D eigenvalue weighted by molar-refractivity contribution is 7.91. The molecule has 3 unspecified atom stereocenters. The van der Waals surface area contributed by atoms with Crippen LogP contribution in [0.15, 0.2) is 0 Å². The first kappa shape index (κ1) is 16.6. The molecule has 21 heavy (non-hydrogen) atoms. The van der Waals surface area contributed by atoms with Gasteiger partial charge in [-0.15, -0.1) is 0 Å². The second-order valence-electron chi connectivity index (χ2n) is 7.30. The summed E-state index contributed by atoms with van der Waals surface area (Å²) in [5, 5.41) is 5.74. The molecule has 0 aromatic heterocycles. The SMILES string of the molecule is CCS(=O)(=O)CCNC(=O)NC1CC2CCC1(C)C2(C)C. The molecule has 5 nitrogen and oxygen atoms in total. The second kappa shape index (κ2) is 5.45. The summed E-state index contributed by atoms with van der Waals surface area (Å²) in [5.41, 5.74) is 0.404. The average molecular weight is 316 g/mol. The van der Waals surface area contributed by atoms with E-state index < -0.39 is 9.84 Å². The number of rotatable bonds is 5. The zero-order valence-electron chi connectivity index (χ0n) is 13.5. The van der Waals surface area contributed by atoms with Crippen molar-refractivity contribution >= 4 is 15.9 Å². The Morgan fingerprint density at radius 3 is 2.43 bits per heavy atom. The molecule has 0 aliphatic heterocycles. The van der Waals surface area contributed by atoms with Gasteiger partial charge in [0.1, 0.15) is 0 Å². The van der Waals surface area contributed by atoms with E-state index in [0.29, 0.717) is 5.92 Å². The summed E-state index contributed by atoms with van der Waals surface area (Å²) in [6.45, 7) is 8.68. The molecule has 0 aromatic rings. The van der Waals surface area contributed by atoms with Crippen molar-refractivity contribution in [3.05, 3.63) is 0 Å². The van der Waals surface area contributed by atoms with Gasteiger partial charge < -0.3 is 10.6 Å². The molecule has 2 aliphatic carbocycles. The molecule has 2 fully saturated rings. The standard InChI is InChI=1S/C15H28N2O3S/c1-5-21(19,20)9-8-16-13(18)17-12-10-11-6-7-15(12,4)14(11,2)3/h11-12H,5-10H2,1-4H3,(H2,16,17,18). The first-order valence-electron chi connectivity index (χ1n) is 7.87. The fourth-order valence-electron chi connectivity index (χ4n) is 4.10. The molecule has 2 N–H and O–H groups in total. The van der Waals surface area contributed by atoms with Gasteiger partial charge in [0.15, 0.2) is 9.84 Å². The van der Waals surface area contributed by atoms with E-state index in [9.17, 15) is 13.2 Å². The Hall–Kier alpha value is -0.780. The molecular formula is C15H28N2O3S. The third-order valence-electron chi connectivity index (χ3n) is 6.24. The zero-order chi connectivity index (χ0) is 15.9. The summed E-state index contributed by atoms with van der Waals surface area (Å²) in [6.07, 6.45) is 3.43. The predicted octanol–water partition coefficient (Wildman–Crippen LogP) is 1.94. The van der Waals surface area contributed by atoms with Crippen LogP contribution in [0.4, 0.5) is 4.79 Å². The van der Waals surface area contributed by atoms with Gasteiger partial charge in [-0.3, -0.25) is 0 Å². The van der Waals surface area contributed by atoms with Gasteiger partial charge >= 0.3 is 6.03 Å². The van der Waals surface area contributed by atoms with Crippen molar-refractivity contribution in [2.24, 2.45) is 16.7 Å². The minimum absolute atomic E-state index is 0.00692.